The summed E-state index contributed by atoms with van der Waals surface area (Å²) >= 11 is 11.8. The van der Waals surface area contributed by atoms with Crippen molar-refractivity contribution in [3.8, 4) is 0 Å². The third-order valence-corrected chi connectivity index (χ3v) is 3.50. The van der Waals surface area contributed by atoms with Crippen LogP contribution in [0.3, 0.4) is 0 Å². The molecule has 0 unspecified atom stereocenters. The van der Waals surface area contributed by atoms with Gasteiger partial charge in [-0.1, -0.05) is 29.3 Å². The Hall–Kier alpha value is -2.83. The summed E-state index contributed by atoms with van der Waals surface area (Å²) in [6.45, 7) is 0. The minimum absolute atomic E-state index is 0.283. The number of carbonyl (C=O) groups is 3. The fraction of sp³-hybridized carbons (Fsp3) is 0. The van der Waals surface area contributed by atoms with Gasteiger partial charge in [-0.25, -0.2) is 4.79 Å². The lowest BCUT2D eigenvalue weighted by Gasteiger charge is -2.09. The van der Waals surface area contributed by atoms with E-state index < -0.39 is 17.8 Å². The van der Waals surface area contributed by atoms with Crippen molar-refractivity contribution < 1.29 is 19.5 Å². The average molecular weight is 379 g/mol. The summed E-state index contributed by atoms with van der Waals surface area (Å²) in [6.07, 6.45) is 1.59. The molecule has 0 heterocycles. The molecule has 0 saturated heterocycles. The van der Waals surface area contributed by atoms with Crippen LogP contribution in [0.25, 0.3) is 0 Å². The van der Waals surface area contributed by atoms with E-state index in [-0.39, 0.29) is 5.56 Å². The van der Waals surface area contributed by atoms with Crippen molar-refractivity contribution in [2.24, 2.45) is 0 Å². The zero-order valence-electron chi connectivity index (χ0n) is 12.6. The first kappa shape index (κ1) is 18.5. The number of carbonyl (C=O) groups excluding carboxylic acids is 2. The quantitative estimate of drug-likeness (QED) is 0.688. The van der Waals surface area contributed by atoms with Crippen LogP contribution >= 0.6 is 23.2 Å². The molecule has 0 aliphatic rings. The standard InChI is InChI=1S/C17H12Cl2N2O4/c18-11-4-5-14(13(19)9-11)21-17(25)10-2-1-3-12(8-10)20-15(22)6-7-16(23)24/h1-9H,(H,20,22)(H,21,25)(H,23,24)/b7-6-. The lowest BCUT2D eigenvalue weighted by atomic mass is 10.1. The summed E-state index contributed by atoms with van der Waals surface area (Å²) in [5, 5.41) is 14.3. The molecule has 3 N–H and O–H groups in total. The van der Waals surface area contributed by atoms with Crippen molar-refractivity contribution in [2.45, 2.75) is 0 Å². The topological polar surface area (TPSA) is 95.5 Å². The van der Waals surface area contributed by atoms with E-state index in [0.717, 1.165) is 6.08 Å². The Bertz CT molecular complexity index is 865. The monoisotopic (exact) mass is 378 g/mol. The van der Waals surface area contributed by atoms with Gasteiger partial charge in [0.15, 0.2) is 0 Å². The number of hydrogen-bond donors (Lipinski definition) is 3. The Balaban J connectivity index is 2.10. The number of aliphatic carboxylic acids is 1. The predicted molar refractivity (Wildman–Crippen MR) is 96.3 cm³/mol. The molecule has 0 aliphatic heterocycles. The van der Waals surface area contributed by atoms with Gasteiger partial charge in [-0.3, -0.25) is 9.59 Å². The fourth-order valence-electron chi connectivity index (χ4n) is 1.85. The van der Waals surface area contributed by atoms with Crippen molar-refractivity contribution in [1.82, 2.24) is 0 Å². The van der Waals surface area contributed by atoms with Gasteiger partial charge >= 0.3 is 5.97 Å². The molecule has 2 aromatic rings. The van der Waals surface area contributed by atoms with Gasteiger partial charge in [0.1, 0.15) is 0 Å². The fourth-order valence-corrected chi connectivity index (χ4v) is 2.31. The van der Waals surface area contributed by atoms with Crippen LogP contribution in [0.5, 0.6) is 0 Å². The maximum Gasteiger partial charge on any atom is 0.328 e. The molecular formula is C17H12Cl2N2O4. The number of nitrogens with one attached hydrogen (secondary N) is 2. The normalized spacial score (nSPS) is 10.5. The number of amides is 2. The van der Waals surface area contributed by atoms with Gasteiger partial charge < -0.3 is 15.7 Å². The maximum absolute atomic E-state index is 12.3. The Kier molecular flexibility index (Phi) is 6.16. The summed E-state index contributed by atoms with van der Waals surface area (Å²) in [4.78, 5) is 34.3. The van der Waals surface area contributed by atoms with Crippen molar-refractivity contribution in [3.63, 3.8) is 0 Å². The molecule has 2 aromatic carbocycles. The minimum Gasteiger partial charge on any atom is -0.478 e. The summed E-state index contributed by atoms with van der Waals surface area (Å²) in [5.41, 5.74) is 1.02. The highest BCUT2D eigenvalue weighted by molar-refractivity contribution is 6.36. The maximum atomic E-state index is 12.3. The molecule has 25 heavy (non-hydrogen) atoms. The van der Waals surface area contributed by atoms with Gasteiger partial charge in [0.2, 0.25) is 5.91 Å². The number of anilines is 2. The molecule has 0 bridgehead atoms. The van der Waals surface area contributed by atoms with Crippen LogP contribution < -0.4 is 10.6 Å². The summed E-state index contributed by atoms with van der Waals surface area (Å²) in [5.74, 6) is -2.29. The zero-order chi connectivity index (χ0) is 18.4. The lowest BCUT2D eigenvalue weighted by molar-refractivity contribution is -0.131. The van der Waals surface area contributed by atoms with Crippen molar-refractivity contribution in [3.05, 3.63) is 70.2 Å². The van der Waals surface area contributed by atoms with Gasteiger partial charge in [-0.2, -0.15) is 0 Å². The molecule has 0 aromatic heterocycles. The van der Waals surface area contributed by atoms with Crippen LogP contribution in [0, 0.1) is 0 Å². The second-order valence-corrected chi connectivity index (χ2v) is 5.66. The molecule has 0 spiro atoms. The van der Waals surface area contributed by atoms with Crippen LogP contribution in [0.1, 0.15) is 10.4 Å². The van der Waals surface area contributed by atoms with Crippen molar-refractivity contribution in [2.75, 3.05) is 10.6 Å². The molecular weight excluding hydrogens is 367 g/mol. The van der Waals surface area contributed by atoms with E-state index in [1.54, 1.807) is 30.3 Å². The van der Waals surface area contributed by atoms with Crippen LogP contribution in [-0.4, -0.2) is 22.9 Å². The van der Waals surface area contributed by atoms with E-state index in [1.165, 1.54) is 12.1 Å². The smallest absolute Gasteiger partial charge is 0.328 e. The Morgan fingerprint density at radius 1 is 0.960 bits per heavy atom. The van der Waals surface area contributed by atoms with Gasteiger partial charge in [-0.05, 0) is 36.4 Å². The third kappa shape index (κ3) is 5.63. The van der Waals surface area contributed by atoms with Gasteiger partial charge in [0.05, 0.1) is 10.7 Å². The zero-order valence-corrected chi connectivity index (χ0v) is 14.1. The molecule has 0 radical (unpaired) electrons. The molecule has 2 amide bonds. The van der Waals surface area contributed by atoms with Crippen molar-refractivity contribution >= 4 is 52.4 Å². The Morgan fingerprint density at radius 2 is 1.72 bits per heavy atom. The number of carboxylic acids is 1. The highest BCUT2D eigenvalue weighted by Gasteiger charge is 2.10. The summed E-state index contributed by atoms with van der Waals surface area (Å²) < 4.78 is 0. The van der Waals surface area contributed by atoms with Crippen LogP contribution in [0.2, 0.25) is 10.0 Å². The molecule has 0 saturated carbocycles. The molecule has 0 atom stereocenters. The second kappa shape index (κ2) is 8.32. The van der Waals surface area contributed by atoms with Crippen molar-refractivity contribution in [1.29, 1.82) is 0 Å². The van der Waals surface area contributed by atoms with Crippen LogP contribution in [0.15, 0.2) is 54.6 Å². The van der Waals surface area contributed by atoms with Crippen LogP contribution in [-0.2, 0) is 9.59 Å². The number of rotatable bonds is 5. The molecule has 8 heteroatoms. The number of halogens is 2. The number of carboxylic acid groups (broad SMARTS) is 1. The Morgan fingerprint density at radius 3 is 2.40 bits per heavy atom. The third-order valence-electron chi connectivity index (χ3n) is 2.95. The van der Waals surface area contributed by atoms with Gasteiger partial charge in [-0.15, -0.1) is 0 Å². The van der Waals surface area contributed by atoms with Gasteiger partial charge in [0, 0.05) is 28.4 Å². The van der Waals surface area contributed by atoms with E-state index in [0.29, 0.717) is 27.5 Å². The highest BCUT2D eigenvalue weighted by Crippen LogP contribution is 2.26. The van der Waals surface area contributed by atoms with E-state index in [4.69, 9.17) is 28.3 Å². The summed E-state index contributed by atoms with van der Waals surface area (Å²) in [7, 11) is 0. The van der Waals surface area contributed by atoms with Crippen LogP contribution in [0.4, 0.5) is 11.4 Å². The molecule has 128 valence electrons. The molecule has 6 nitrogen and oxygen atoms in total. The van der Waals surface area contributed by atoms with E-state index in [9.17, 15) is 14.4 Å². The highest BCUT2D eigenvalue weighted by atomic mass is 35.5. The SMILES string of the molecule is O=C(O)/C=C\C(=O)Nc1cccc(C(=O)Nc2ccc(Cl)cc2Cl)c1. The summed E-state index contributed by atoms with van der Waals surface area (Å²) in [6, 6.07) is 10.8. The molecule has 0 fully saturated rings. The first-order valence-corrected chi connectivity index (χ1v) is 7.69. The van der Waals surface area contributed by atoms with E-state index in [1.807, 2.05) is 0 Å². The number of hydrogen-bond acceptors (Lipinski definition) is 3. The first-order valence-electron chi connectivity index (χ1n) is 6.93. The van der Waals surface area contributed by atoms with Gasteiger partial charge in [0.25, 0.3) is 5.91 Å². The Labute approximate surface area is 153 Å². The number of benzene rings is 2. The lowest BCUT2D eigenvalue weighted by Crippen LogP contribution is -2.13. The van der Waals surface area contributed by atoms with E-state index in [2.05, 4.69) is 10.6 Å². The largest absolute Gasteiger partial charge is 0.478 e. The minimum atomic E-state index is -1.23. The van der Waals surface area contributed by atoms with E-state index >= 15 is 0 Å². The second-order valence-electron chi connectivity index (χ2n) is 4.82. The molecule has 2 rings (SSSR count). The average Bonchev–Trinajstić information content (AvgIpc) is 2.55. The first-order chi connectivity index (χ1) is 11.8. The predicted octanol–water partition coefficient (Wildman–Crippen LogP) is 3.83. The molecule has 0 aliphatic carbocycles.